The fraction of sp³-hybridized carbons (Fsp3) is 0.464. The Morgan fingerprint density at radius 3 is 2.19 bits per heavy atom. The van der Waals surface area contributed by atoms with Gasteiger partial charge in [-0.05, 0) is 25.1 Å². The van der Waals surface area contributed by atoms with Crippen LogP contribution in [-0.4, -0.2) is 115 Å². The first-order chi connectivity index (χ1) is 20.4. The zero-order valence-electron chi connectivity index (χ0n) is 22.8. The van der Waals surface area contributed by atoms with E-state index < -0.39 is 84.8 Å². The highest BCUT2D eigenvalue weighted by Crippen LogP contribution is 2.45. The van der Waals surface area contributed by atoms with Gasteiger partial charge in [-0.3, -0.25) is 4.79 Å². The third-order valence-corrected chi connectivity index (χ3v) is 7.69. The highest BCUT2D eigenvalue weighted by atomic mass is 16.7. The molecule has 2 saturated heterocycles. The van der Waals surface area contributed by atoms with Crippen molar-refractivity contribution < 1.29 is 69.3 Å². The summed E-state index contributed by atoms with van der Waals surface area (Å²) in [4.78, 5) is 13.2. The van der Waals surface area contributed by atoms with Crippen molar-refractivity contribution in [1.82, 2.24) is 0 Å². The number of hydrogen-bond donors (Lipinski definition) is 9. The quantitative estimate of drug-likeness (QED) is 0.156. The van der Waals surface area contributed by atoms with Gasteiger partial charge in [0.2, 0.25) is 6.29 Å². The molecule has 0 spiro atoms. The minimum absolute atomic E-state index is 0.0393. The number of fused-ring (bicyclic) bond motifs is 1. The molecule has 10 atom stereocenters. The second kappa shape index (κ2) is 11.9. The zero-order chi connectivity index (χ0) is 31.3. The van der Waals surface area contributed by atoms with Crippen molar-refractivity contribution in [3.05, 3.63) is 46.1 Å². The molecule has 0 radical (unpaired) electrons. The number of rotatable bonds is 6. The summed E-state index contributed by atoms with van der Waals surface area (Å²) in [6.07, 6.45) is -14.7. The number of benzene rings is 2. The third-order valence-electron chi connectivity index (χ3n) is 7.69. The lowest BCUT2D eigenvalue weighted by Crippen LogP contribution is -2.58. The third kappa shape index (κ3) is 5.39. The van der Waals surface area contributed by atoms with Crippen molar-refractivity contribution in [2.45, 2.75) is 68.1 Å². The maximum absolute atomic E-state index is 13.2. The molecule has 3 heterocycles. The van der Waals surface area contributed by atoms with Gasteiger partial charge in [0.05, 0.1) is 25.4 Å². The molecule has 3 aromatic rings. The van der Waals surface area contributed by atoms with Gasteiger partial charge >= 0.3 is 0 Å². The van der Waals surface area contributed by atoms with E-state index in [1.165, 1.54) is 38.3 Å². The van der Waals surface area contributed by atoms with Crippen LogP contribution in [-0.2, 0) is 9.47 Å². The van der Waals surface area contributed by atoms with Crippen LogP contribution in [0.5, 0.6) is 23.0 Å². The van der Waals surface area contributed by atoms with Crippen LogP contribution >= 0.6 is 0 Å². The van der Waals surface area contributed by atoms with Crippen LogP contribution < -0.4 is 14.9 Å². The summed E-state index contributed by atoms with van der Waals surface area (Å²) in [5, 5.41) is 92.0. The Morgan fingerprint density at radius 1 is 0.837 bits per heavy atom. The van der Waals surface area contributed by atoms with Crippen molar-refractivity contribution >= 4 is 11.0 Å². The number of phenolic OH excluding ortho intramolecular Hbond substituents is 2. The Bertz CT molecular complexity index is 1540. The molecule has 0 saturated carbocycles. The van der Waals surface area contributed by atoms with Gasteiger partial charge in [0.1, 0.15) is 77.1 Å². The van der Waals surface area contributed by atoms with Gasteiger partial charge in [-0.25, -0.2) is 0 Å². The second-order valence-corrected chi connectivity index (χ2v) is 10.4. The standard InChI is InChI=1S/C28H32O15/c1-9-20(32)23(35)26(38)28(40-9)43-13-4-3-10(5-11(13)30)14-6-12(31)18-16(41-14)7-15(39-2)19(22(18)34)27-25(37)24(36)21(33)17(8-29)42-27/h3-7,9,17,20-21,23-30,32-38H,8H2,1-2H3/t9-,17+,20+,21+,23-,24+,25-,26+,27-,28-/m0/s1. The Kier molecular flexibility index (Phi) is 8.54. The first-order valence-corrected chi connectivity index (χ1v) is 13.3. The second-order valence-electron chi connectivity index (χ2n) is 10.4. The Labute approximate surface area is 242 Å². The van der Waals surface area contributed by atoms with Crippen LogP contribution in [0.4, 0.5) is 0 Å². The molecule has 15 nitrogen and oxygen atoms in total. The molecule has 43 heavy (non-hydrogen) atoms. The number of aliphatic hydroxyl groups excluding tert-OH is 7. The van der Waals surface area contributed by atoms with Crippen LogP contribution in [0.15, 0.2) is 39.5 Å². The summed E-state index contributed by atoms with van der Waals surface area (Å²) in [5.74, 6) is -1.41. The number of methoxy groups -OCH3 is 1. The monoisotopic (exact) mass is 608 g/mol. The van der Waals surface area contributed by atoms with Crippen LogP contribution in [0.2, 0.25) is 0 Å². The lowest BCUT2D eigenvalue weighted by Gasteiger charge is -2.40. The highest BCUT2D eigenvalue weighted by molar-refractivity contribution is 5.88. The lowest BCUT2D eigenvalue weighted by molar-refractivity contribution is -0.268. The molecule has 0 bridgehead atoms. The Hall–Kier alpha value is -3.51. The maximum Gasteiger partial charge on any atom is 0.229 e. The molecule has 0 unspecified atom stereocenters. The van der Waals surface area contributed by atoms with E-state index in [0.29, 0.717) is 0 Å². The van der Waals surface area contributed by atoms with Gasteiger partial charge in [0.25, 0.3) is 0 Å². The van der Waals surface area contributed by atoms with E-state index in [4.69, 9.17) is 23.4 Å². The molecule has 234 valence electrons. The average molecular weight is 609 g/mol. The Morgan fingerprint density at radius 2 is 1.53 bits per heavy atom. The summed E-state index contributed by atoms with van der Waals surface area (Å²) >= 11 is 0. The maximum atomic E-state index is 13.2. The molecule has 2 aromatic carbocycles. The van der Waals surface area contributed by atoms with Crippen LogP contribution in [0.25, 0.3) is 22.3 Å². The van der Waals surface area contributed by atoms with E-state index in [1.807, 2.05) is 0 Å². The minimum atomic E-state index is -1.76. The van der Waals surface area contributed by atoms with Gasteiger partial charge in [0, 0.05) is 17.7 Å². The summed E-state index contributed by atoms with van der Waals surface area (Å²) in [7, 11) is 1.24. The van der Waals surface area contributed by atoms with Gasteiger partial charge < -0.3 is 69.3 Å². The van der Waals surface area contributed by atoms with Gasteiger partial charge in [0.15, 0.2) is 16.9 Å². The van der Waals surface area contributed by atoms with Crippen molar-refractivity contribution in [3.8, 4) is 34.3 Å². The molecule has 0 amide bonds. The van der Waals surface area contributed by atoms with E-state index in [-0.39, 0.29) is 39.4 Å². The molecular weight excluding hydrogens is 576 g/mol. The van der Waals surface area contributed by atoms with Crippen molar-refractivity contribution in [2.75, 3.05) is 13.7 Å². The largest absolute Gasteiger partial charge is 0.506 e. The van der Waals surface area contributed by atoms with E-state index >= 15 is 0 Å². The smallest absolute Gasteiger partial charge is 0.229 e. The predicted molar refractivity (Wildman–Crippen MR) is 144 cm³/mol. The molecule has 2 fully saturated rings. The van der Waals surface area contributed by atoms with Gasteiger partial charge in [-0.15, -0.1) is 0 Å². The number of aromatic hydroxyl groups is 2. The van der Waals surface area contributed by atoms with E-state index in [0.717, 1.165) is 6.07 Å². The summed E-state index contributed by atoms with van der Waals surface area (Å²) in [6, 6.07) is 6.20. The topological polar surface area (TPSA) is 249 Å². The fourth-order valence-corrected chi connectivity index (χ4v) is 5.23. The predicted octanol–water partition coefficient (Wildman–Crippen LogP) is -1.40. The summed E-state index contributed by atoms with van der Waals surface area (Å²) < 4.78 is 27.6. The van der Waals surface area contributed by atoms with Crippen LogP contribution in [0.1, 0.15) is 18.6 Å². The number of ether oxygens (including phenoxy) is 4. The Balaban J connectivity index is 1.49. The first-order valence-electron chi connectivity index (χ1n) is 13.3. The molecule has 15 heteroatoms. The molecule has 0 aliphatic carbocycles. The van der Waals surface area contributed by atoms with E-state index in [2.05, 4.69) is 0 Å². The molecular formula is C28H32O15. The number of aliphatic hydroxyl groups is 7. The molecule has 5 rings (SSSR count). The van der Waals surface area contributed by atoms with Crippen molar-refractivity contribution in [2.24, 2.45) is 0 Å². The van der Waals surface area contributed by atoms with E-state index in [9.17, 15) is 50.8 Å². The first kappa shape index (κ1) is 30.9. The van der Waals surface area contributed by atoms with Crippen LogP contribution in [0, 0.1) is 0 Å². The summed E-state index contributed by atoms with van der Waals surface area (Å²) in [5.41, 5.74) is -0.896. The molecule has 2 aliphatic heterocycles. The fourth-order valence-electron chi connectivity index (χ4n) is 5.23. The van der Waals surface area contributed by atoms with E-state index in [1.54, 1.807) is 0 Å². The minimum Gasteiger partial charge on any atom is -0.506 e. The normalized spacial score (nSPS) is 33.0. The van der Waals surface area contributed by atoms with Crippen molar-refractivity contribution in [1.29, 1.82) is 0 Å². The van der Waals surface area contributed by atoms with Gasteiger partial charge in [-0.2, -0.15) is 0 Å². The lowest BCUT2D eigenvalue weighted by atomic mass is 9.89. The van der Waals surface area contributed by atoms with Crippen LogP contribution in [0.3, 0.4) is 0 Å². The zero-order valence-corrected chi connectivity index (χ0v) is 22.8. The van der Waals surface area contributed by atoms with Gasteiger partial charge in [-0.1, -0.05) is 0 Å². The molecule has 9 N–H and O–H groups in total. The summed E-state index contributed by atoms with van der Waals surface area (Å²) in [6.45, 7) is 0.763. The number of phenols is 2. The average Bonchev–Trinajstić information content (AvgIpc) is 2.98. The highest BCUT2D eigenvalue weighted by Gasteiger charge is 2.46. The molecule has 2 aliphatic rings. The molecule has 1 aromatic heterocycles. The van der Waals surface area contributed by atoms with Crippen molar-refractivity contribution in [3.63, 3.8) is 0 Å². The SMILES string of the molecule is COc1cc2oc(-c3ccc(O[C@@H]4O[C@@H](C)[C@@H](O)[C@H](O)[C@H]4O)c(O)c3)cc(=O)c2c(O)c1[C@@H]1O[C@H](CO)[C@@H](O)[C@@H](O)[C@@H]1O. The number of hydrogen-bond acceptors (Lipinski definition) is 15.